The summed E-state index contributed by atoms with van der Waals surface area (Å²) in [5.41, 5.74) is 0. The molecule has 0 aromatic heterocycles. The first-order valence-electron chi connectivity index (χ1n) is 5.26. The molecule has 0 saturated heterocycles. The van der Waals surface area contributed by atoms with Gasteiger partial charge in [-0.25, -0.2) is 0 Å². The van der Waals surface area contributed by atoms with Crippen molar-refractivity contribution in [3.63, 3.8) is 0 Å². The lowest BCUT2D eigenvalue weighted by Crippen LogP contribution is -2.01. The molecule has 0 heterocycles. The van der Waals surface area contributed by atoms with E-state index in [0.717, 1.165) is 12.8 Å². The van der Waals surface area contributed by atoms with Gasteiger partial charge in [0, 0.05) is 0 Å². The lowest BCUT2D eigenvalue weighted by molar-refractivity contribution is -0.142. The zero-order valence-corrected chi connectivity index (χ0v) is 9.16. The van der Waals surface area contributed by atoms with Crippen LogP contribution in [0.25, 0.3) is 0 Å². The molecule has 0 bridgehead atoms. The molecule has 0 atom stereocenters. The number of unbranched alkanes of at least 4 members (excludes halogenated alkanes) is 1. The van der Waals surface area contributed by atoms with Gasteiger partial charge in [-0.2, -0.15) is 0 Å². The van der Waals surface area contributed by atoms with E-state index in [4.69, 9.17) is 4.74 Å². The van der Waals surface area contributed by atoms with Crippen LogP contribution in [0, 0.1) is 0 Å². The highest BCUT2D eigenvalue weighted by Gasteiger charge is 1.94. The number of hydrogen-bond donors (Lipinski definition) is 0. The molecular formula is C12H20O2. The van der Waals surface area contributed by atoms with Gasteiger partial charge in [-0.05, 0) is 19.8 Å². The van der Waals surface area contributed by atoms with E-state index < -0.39 is 0 Å². The number of hydrogen-bond acceptors (Lipinski definition) is 2. The van der Waals surface area contributed by atoms with Crippen LogP contribution in [-0.4, -0.2) is 12.6 Å². The van der Waals surface area contributed by atoms with Gasteiger partial charge in [0.25, 0.3) is 0 Å². The molecule has 0 radical (unpaired) electrons. The highest BCUT2D eigenvalue weighted by atomic mass is 16.5. The Balaban J connectivity index is 3.39. The summed E-state index contributed by atoms with van der Waals surface area (Å²) in [5.74, 6) is -0.152. The fourth-order valence-electron chi connectivity index (χ4n) is 0.955. The zero-order valence-electron chi connectivity index (χ0n) is 9.16. The summed E-state index contributed by atoms with van der Waals surface area (Å²) in [7, 11) is 0. The van der Waals surface area contributed by atoms with Gasteiger partial charge in [0.2, 0.25) is 0 Å². The second-order valence-corrected chi connectivity index (χ2v) is 2.98. The van der Waals surface area contributed by atoms with E-state index in [1.54, 1.807) is 0 Å². The molecule has 0 aliphatic heterocycles. The number of ether oxygens (including phenoxy) is 1. The van der Waals surface area contributed by atoms with Crippen LogP contribution in [0.3, 0.4) is 0 Å². The Labute approximate surface area is 86.6 Å². The van der Waals surface area contributed by atoms with Gasteiger partial charge in [0.1, 0.15) is 0 Å². The van der Waals surface area contributed by atoms with Crippen LogP contribution in [-0.2, 0) is 9.53 Å². The third-order valence-corrected chi connectivity index (χ3v) is 1.65. The highest BCUT2D eigenvalue weighted by Crippen LogP contribution is 1.94. The van der Waals surface area contributed by atoms with Crippen molar-refractivity contribution in [3.8, 4) is 0 Å². The molecule has 0 aromatic rings. The number of esters is 1. The Kier molecular flexibility index (Phi) is 9.28. The van der Waals surface area contributed by atoms with Crippen LogP contribution >= 0.6 is 0 Å². The third kappa shape index (κ3) is 9.04. The quantitative estimate of drug-likeness (QED) is 0.461. The summed E-state index contributed by atoms with van der Waals surface area (Å²) < 4.78 is 4.78. The van der Waals surface area contributed by atoms with Crippen molar-refractivity contribution in [2.45, 2.75) is 39.5 Å². The van der Waals surface area contributed by atoms with Gasteiger partial charge in [0.05, 0.1) is 13.0 Å². The summed E-state index contributed by atoms with van der Waals surface area (Å²) in [4.78, 5) is 10.9. The first-order chi connectivity index (χ1) is 6.81. The molecule has 2 heteroatoms. The maximum atomic E-state index is 10.9. The van der Waals surface area contributed by atoms with Gasteiger partial charge in [0.15, 0.2) is 0 Å². The summed E-state index contributed by atoms with van der Waals surface area (Å²) in [6.45, 7) is 4.43. The van der Waals surface area contributed by atoms with Gasteiger partial charge < -0.3 is 4.74 Å². The smallest absolute Gasteiger partial charge is 0.309 e. The van der Waals surface area contributed by atoms with Crippen molar-refractivity contribution in [1.29, 1.82) is 0 Å². The van der Waals surface area contributed by atoms with Crippen molar-refractivity contribution in [3.05, 3.63) is 24.3 Å². The van der Waals surface area contributed by atoms with Crippen molar-refractivity contribution in [1.82, 2.24) is 0 Å². The molecule has 0 amide bonds. The Hall–Kier alpha value is -1.05. The number of carbonyl (C=O) groups excluding carboxylic acids is 1. The van der Waals surface area contributed by atoms with E-state index in [0.29, 0.717) is 13.0 Å². The van der Waals surface area contributed by atoms with E-state index >= 15 is 0 Å². The van der Waals surface area contributed by atoms with E-state index in [1.807, 2.05) is 19.1 Å². The average molecular weight is 196 g/mol. The number of allylic oxidation sites excluding steroid dienone is 3. The molecule has 2 nitrogen and oxygen atoms in total. The summed E-state index contributed by atoms with van der Waals surface area (Å²) >= 11 is 0. The van der Waals surface area contributed by atoms with Crippen LogP contribution < -0.4 is 0 Å². The highest BCUT2D eigenvalue weighted by molar-refractivity contribution is 5.71. The fourth-order valence-corrected chi connectivity index (χ4v) is 0.955. The van der Waals surface area contributed by atoms with Gasteiger partial charge in [-0.15, -0.1) is 0 Å². The minimum Gasteiger partial charge on any atom is -0.466 e. The predicted molar refractivity (Wildman–Crippen MR) is 59.1 cm³/mol. The largest absolute Gasteiger partial charge is 0.466 e. The van der Waals surface area contributed by atoms with Crippen molar-refractivity contribution >= 4 is 5.97 Å². The molecule has 0 N–H and O–H groups in total. The third-order valence-electron chi connectivity index (χ3n) is 1.65. The second-order valence-electron chi connectivity index (χ2n) is 2.98. The minimum absolute atomic E-state index is 0.152. The van der Waals surface area contributed by atoms with Crippen LogP contribution in [0.5, 0.6) is 0 Å². The monoisotopic (exact) mass is 196 g/mol. The van der Waals surface area contributed by atoms with Gasteiger partial charge >= 0.3 is 5.97 Å². The van der Waals surface area contributed by atoms with Crippen LogP contribution in [0.2, 0.25) is 0 Å². The summed E-state index contributed by atoms with van der Waals surface area (Å²) in [6, 6.07) is 0. The number of carbonyl (C=O) groups is 1. The molecule has 0 spiro atoms. The molecule has 80 valence electrons. The maximum absolute atomic E-state index is 10.9. The van der Waals surface area contributed by atoms with Crippen LogP contribution in [0.15, 0.2) is 24.3 Å². The molecule has 0 aliphatic carbocycles. The lowest BCUT2D eigenvalue weighted by Gasteiger charge is -1.95. The molecule has 0 aromatic carbocycles. The fraction of sp³-hybridized carbons (Fsp3) is 0.583. The summed E-state index contributed by atoms with van der Waals surface area (Å²) in [6.07, 6.45) is 11.7. The lowest BCUT2D eigenvalue weighted by atomic mass is 10.2. The van der Waals surface area contributed by atoms with E-state index in [1.165, 1.54) is 6.42 Å². The maximum Gasteiger partial charge on any atom is 0.309 e. The standard InChI is InChI=1S/C12H20O2/c1-3-5-6-7-8-9-10-11-12(13)14-4-2/h6-7,9-10H,3-5,8,11H2,1-2H3/b7-6-,10-9-. The molecule has 0 aliphatic rings. The predicted octanol–water partition coefficient (Wildman–Crippen LogP) is 3.24. The van der Waals surface area contributed by atoms with E-state index in [9.17, 15) is 4.79 Å². The molecule has 0 saturated carbocycles. The molecular weight excluding hydrogens is 176 g/mol. The average Bonchev–Trinajstić information content (AvgIpc) is 2.17. The molecule has 0 unspecified atom stereocenters. The topological polar surface area (TPSA) is 26.3 Å². The Morgan fingerprint density at radius 2 is 1.86 bits per heavy atom. The Bertz CT molecular complexity index is 192. The van der Waals surface area contributed by atoms with Crippen molar-refractivity contribution < 1.29 is 9.53 Å². The Morgan fingerprint density at radius 3 is 2.50 bits per heavy atom. The SMILES string of the molecule is CCC/C=C\C/C=C\CC(=O)OCC. The summed E-state index contributed by atoms with van der Waals surface area (Å²) in [5, 5.41) is 0. The number of rotatable bonds is 7. The van der Waals surface area contributed by atoms with Crippen molar-refractivity contribution in [2.75, 3.05) is 6.61 Å². The second kappa shape index (κ2) is 10.0. The van der Waals surface area contributed by atoms with E-state index in [2.05, 4.69) is 19.1 Å². The minimum atomic E-state index is -0.152. The van der Waals surface area contributed by atoms with Crippen LogP contribution in [0.4, 0.5) is 0 Å². The van der Waals surface area contributed by atoms with Gasteiger partial charge in [-0.1, -0.05) is 37.6 Å². The first-order valence-corrected chi connectivity index (χ1v) is 5.26. The zero-order chi connectivity index (χ0) is 10.6. The van der Waals surface area contributed by atoms with E-state index in [-0.39, 0.29) is 5.97 Å². The Morgan fingerprint density at radius 1 is 1.14 bits per heavy atom. The van der Waals surface area contributed by atoms with Crippen LogP contribution in [0.1, 0.15) is 39.5 Å². The van der Waals surface area contributed by atoms with Crippen molar-refractivity contribution in [2.24, 2.45) is 0 Å². The first kappa shape index (κ1) is 12.9. The molecule has 14 heavy (non-hydrogen) atoms. The molecule has 0 rings (SSSR count). The molecule has 0 fully saturated rings. The normalized spacial score (nSPS) is 11.3. The van der Waals surface area contributed by atoms with Gasteiger partial charge in [-0.3, -0.25) is 4.79 Å².